The molecular weight excluding hydrogens is 400 g/mol. The van der Waals surface area contributed by atoms with Crippen molar-refractivity contribution in [2.24, 2.45) is 0 Å². The summed E-state index contributed by atoms with van der Waals surface area (Å²) in [5.41, 5.74) is 1.37. The van der Waals surface area contributed by atoms with Gasteiger partial charge in [-0.15, -0.1) is 0 Å². The number of hydrogen-bond acceptors (Lipinski definition) is 7. The molecule has 5 rings (SSSR count). The lowest BCUT2D eigenvalue weighted by molar-refractivity contribution is -0.117. The summed E-state index contributed by atoms with van der Waals surface area (Å²) in [7, 11) is 0. The lowest BCUT2D eigenvalue weighted by atomic mass is 10.0. The Balaban J connectivity index is 1.34. The quantitative estimate of drug-likeness (QED) is 0.663. The van der Waals surface area contributed by atoms with E-state index >= 15 is 0 Å². The number of hydrogen-bond donors (Lipinski definition) is 2. The lowest BCUT2D eigenvalue weighted by Gasteiger charge is -2.26. The van der Waals surface area contributed by atoms with Gasteiger partial charge in [0.15, 0.2) is 11.5 Å². The molecule has 2 N–H and O–H groups in total. The maximum absolute atomic E-state index is 12.8. The first-order valence-corrected chi connectivity index (χ1v) is 10.4. The fraction of sp³-hybridized carbons (Fsp3) is 0.409. The molecule has 9 nitrogen and oxygen atoms in total. The molecule has 1 aromatic carbocycles. The fourth-order valence-electron chi connectivity index (χ4n) is 4.54. The number of nitrogens with one attached hydrogen (secondary N) is 2. The lowest BCUT2D eigenvalue weighted by Crippen LogP contribution is -2.33. The number of furan rings is 1. The van der Waals surface area contributed by atoms with E-state index in [0.29, 0.717) is 35.4 Å². The highest BCUT2D eigenvalue weighted by molar-refractivity contribution is 6.01. The summed E-state index contributed by atoms with van der Waals surface area (Å²) in [6.45, 7) is 5.65. The molecule has 0 aliphatic carbocycles. The standard InChI is InChI=1S/C22H24N4O5/c1-12-19-13(2)31-22(20(19)21(28)25-24-12)23-18(27)11-26-7-3-4-15(26)14-5-6-16-17(10-14)30-9-8-29-16/h5-6,10,15H,3-4,7-9,11H2,1-2H3,(H,23,27)(H,25,28)/t15-/m1/s1. The molecule has 3 aromatic rings. The second kappa shape index (κ2) is 7.73. The molecule has 1 atom stereocenters. The molecule has 1 saturated heterocycles. The van der Waals surface area contributed by atoms with E-state index in [1.54, 1.807) is 13.8 Å². The van der Waals surface area contributed by atoms with Crippen LogP contribution in [0.3, 0.4) is 0 Å². The number of ether oxygens (including phenoxy) is 2. The number of aromatic nitrogens is 2. The Morgan fingerprint density at radius 2 is 2.03 bits per heavy atom. The molecule has 0 spiro atoms. The average molecular weight is 424 g/mol. The monoisotopic (exact) mass is 424 g/mol. The van der Waals surface area contributed by atoms with E-state index in [9.17, 15) is 9.59 Å². The van der Waals surface area contributed by atoms with Gasteiger partial charge in [0.05, 0.1) is 17.6 Å². The highest BCUT2D eigenvalue weighted by Crippen LogP contribution is 2.38. The maximum atomic E-state index is 12.8. The second-order valence-corrected chi connectivity index (χ2v) is 7.96. The largest absolute Gasteiger partial charge is 0.486 e. The topological polar surface area (TPSA) is 110 Å². The number of H-pyrrole nitrogens is 1. The van der Waals surface area contributed by atoms with Crippen LogP contribution in [0.4, 0.5) is 5.88 Å². The molecule has 0 bridgehead atoms. The Morgan fingerprint density at radius 3 is 2.87 bits per heavy atom. The summed E-state index contributed by atoms with van der Waals surface area (Å²) in [6, 6.07) is 6.09. The van der Waals surface area contributed by atoms with Crippen molar-refractivity contribution in [1.82, 2.24) is 15.1 Å². The van der Waals surface area contributed by atoms with Gasteiger partial charge in [0, 0.05) is 6.04 Å². The van der Waals surface area contributed by atoms with Crippen molar-refractivity contribution in [2.45, 2.75) is 32.7 Å². The van der Waals surface area contributed by atoms with Gasteiger partial charge in [-0.05, 0) is 50.9 Å². The second-order valence-electron chi connectivity index (χ2n) is 7.96. The summed E-state index contributed by atoms with van der Waals surface area (Å²) < 4.78 is 17.0. The minimum absolute atomic E-state index is 0.117. The molecule has 2 aliphatic heterocycles. The number of amides is 1. The van der Waals surface area contributed by atoms with Crippen molar-refractivity contribution in [3.05, 3.63) is 45.6 Å². The van der Waals surface area contributed by atoms with Crippen molar-refractivity contribution in [2.75, 3.05) is 31.6 Å². The number of aryl methyl sites for hydroxylation is 2. The van der Waals surface area contributed by atoms with E-state index in [0.717, 1.165) is 36.4 Å². The van der Waals surface area contributed by atoms with Gasteiger partial charge < -0.3 is 13.9 Å². The zero-order chi connectivity index (χ0) is 21.5. The Bertz CT molecular complexity index is 1210. The zero-order valence-corrected chi connectivity index (χ0v) is 17.5. The van der Waals surface area contributed by atoms with Crippen molar-refractivity contribution in [3.8, 4) is 11.5 Å². The van der Waals surface area contributed by atoms with Crippen molar-refractivity contribution >= 4 is 22.6 Å². The molecule has 2 aromatic heterocycles. The first kappa shape index (κ1) is 19.6. The van der Waals surface area contributed by atoms with Crippen LogP contribution in [0.2, 0.25) is 0 Å². The number of rotatable bonds is 4. The molecule has 31 heavy (non-hydrogen) atoms. The molecule has 0 radical (unpaired) electrons. The molecule has 4 heterocycles. The van der Waals surface area contributed by atoms with Crippen LogP contribution in [0.1, 0.15) is 35.9 Å². The van der Waals surface area contributed by atoms with Gasteiger partial charge >= 0.3 is 0 Å². The van der Waals surface area contributed by atoms with Gasteiger partial charge in [-0.25, -0.2) is 5.10 Å². The number of likely N-dealkylation sites (tertiary alicyclic amines) is 1. The van der Waals surface area contributed by atoms with Crippen LogP contribution in [-0.4, -0.2) is 47.3 Å². The third-order valence-electron chi connectivity index (χ3n) is 5.91. The molecule has 1 fully saturated rings. The van der Waals surface area contributed by atoms with Crippen molar-refractivity contribution in [3.63, 3.8) is 0 Å². The highest BCUT2D eigenvalue weighted by atomic mass is 16.6. The highest BCUT2D eigenvalue weighted by Gasteiger charge is 2.29. The van der Waals surface area contributed by atoms with E-state index in [2.05, 4.69) is 20.4 Å². The normalized spacial score (nSPS) is 18.5. The molecular formula is C22H24N4O5. The van der Waals surface area contributed by atoms with Crippen LogP contribution in [-0.2, 0) is 4.79 Å². The van der Waals surface area contributed by atoms with Gasteiger partial charge in [0.25, 0.3) is 5.56 Å². The van der Waals surface area contributed by atoms with Crippen LogP contribution in [0, 0.1) is 13.8 Å². The van der Waals surface area contributed by atoms with Gasteiger partial charge in [-0.3, -0.25) is 19.8 Å². The molecule has 162 valence electrons. The molecule has 9 heteroatoms. The summed E-state index contributed by atoms with van der Waals surface area (Å²) in [5, 5.41) is 10.2. The summed E-state index contributed by atoms with van der Waals surface area (Å²) >= 11 is 0. The zero-order valence-electron chi connectivity index (χ0n) is 17.5. The van der Waals surface area contributed by atoms with E-state index in [-0.39, 0.29) is 29.9 Å². The minimum atomic E-state index is -0.386. The Hall–Kier alpha value is -3.33. The van der Waals surface area contributed by atoms with Crippen LogP contribution in [0.15, 0.2) is 27.4 Å². The predicted octanol–water partition coefficient (Wildman–Crippen LogP) is 2.68. The average Bonchev–Trinajstić information content (AvgIpc) is 3.35. The van der Waals surface area contributed by atoms with Gasteiger partial charge in [-0.2, -0.15) is 5.10 Å². The maximum Gasteiger partial charge on any atom is 0.277 e. The summed E-state index contributed by atoms with van der Waals surface area (Å²) in [6.07, 6.45) is 1.96. The van der Waals surface area contributed by atoms with Gasteiger partial charge in [0.2, 0.25) is 11.8 Å². The first-order chi connectivity index (χ1) is 15.0. The van der Waals surface area contributed by atoms with Gasteiger partial charge in [-0.1, -0.05) is 6.07 Å². The SMILES string of the molecule is Cc1n[nH]c(=O)c2c(NC(=O)CN3CCC[C@@H]3c3ccc4c(c3)OCCO4)oc(C)c12. The van der Waals surface area contributed by atoms with Crippen molar-refractivity contribution < 1.29 is 18.7 Å². The summed E-state index contributed by atoms with van der Waals surface area (Å²) in [4.78, 5) is 27.3. The third-order valence-corrected chi connectivity index (χ3v) is 5.91. The molecule has 1 amide bonds. The number of fused-ring (bicyclic) bond motifs is 2. The van der Waals surface area contributed by atoms with Crippen LogP contribution < -0.4 is 20.3 Å². The number of nitrogens with zero attached hydrogens (tertiary/aromatic N) is 2. The Labute approximate surface area is 178 Å². The first-order valence-electron chi connectivity index (χ1n) is 10.4. The van der Waals surface area contributed by atoms with Crippen LogP contribution in [0.25, 0.3) is 10.8 Å². The number of carbonyl (C=O) groups is 1. The van der Waals surface area contributed by atoms with E-state index in [1.165, 1.54) is 0 Å². The number of aromatic amines is 1. The Morgan fingerprint density at radius 1 is 1.23 bits per heavy atom. The number of carbonyl (C=O) groups excluding carboxylic acids is 1. The predicted molar refractivity (Wildman–Crippen MR) is 114 cm³/mol. The minimum Gasteiger partial charge on any atom is -0.486 e. The van der Waals surface area contributed by atoms with E-state index in [1.807, 2.05) is 18.2 Å². The van der Waals surface area contributed by atoms with Crippen LogP contribution in [0.5, 0.6) is 11.5 Å². The molecule has 0 unspecified atom stereocenters. The smallest absolute Gasteiger partial charge is 0.277 e. The van der Waals surface area contributed by atoms with Gasteiger partial charge in [0.1, 0.15) is 24.4 Å². The summed E-state index contributed by atoms with van der Waals surface area (Å²) in [5.74, 6) is 2.00. The molecule has 2 aliphatic rings. The van der Waals surface area contributed by atoms with E-state index < -0.39 is 0 Å². The van der Waals surface area contributed by atoms with E-state index in [4.69, 9.17) is 13.9 Å². The van der Waals surface area contributed by atoms with Crippen molar-refractivity contribution in [1.29, 1.82) is 0 Å². The fourth-order valence-corrected chi connectivity index (χ4v) is 4.54. The molecule has 0 saturated carbocycles. The third kappa shape index (κ3) is 3.54. The Kier molecular flexibility index (Phi) is 4.90. The number of anilines is 1. The number of benzene rings is 1. The van der Waals surface area contributed by atoms with Crippen LogP contribution >= 0.6 is 0 Å².